The number of carbonyl (C=O) groups is 1. The molecule has 0 bridgehead atoms. The Balaban J connectivity index is 1.37. The van der Waals surface area contributed by atoms with Gasteiger partial charge in [-0.2, -0.15) is 0 Å². The van der Waals surface area contributed by atoms with Crippen molar-refractivity contribution in [3.8, 4) is 5.75 Å². The molecule has 1 aliphatic heterocycles. The molecule has 2 aromatic heterocycles. The molecule has 0 radical (unpaired) electrons. The van der Waals surface area contributed by atoms with E-state index in [1.165, 1.54) is 16.9 Å². The van der Waals surface area contributed by atoms with Gasteiger partial charge in [-0.25, -0.2) is 4.98 Å². The fraction of sp³-hybridized carbons (Fsp3) is 0.176. The van der Waals surface area contributed by atoms with Gasteiger partial charge in [0.15, 0.2) is 5.13 Å². The minimum atomic E-state index is -0.134. The van der Waals surface area contributed by atoms with Gasteiger partial charge < -0.3 is 14.6 Å². The number of aromatic amines is 1. The van der Waals surface area contributed by atoms with E-state index in [1.54, 1.807) is 31.4 Å². The summed E-state index contributed by atoms with van der Waals surface area (Å²) in [6.07, 6.45) is 9.96. The molecule has 2 atom stereocenters. The summed E-state index contributed by atoms with van der Waals surface area (Å²) in [6, 6.07) is 21.1. The van der Waals surface area contributed by atoms with Crippen molar-refractivity contribution in [2.75, 3.05) is 18.6 Å². The van der Waals surface area contributed by atoms with Crippen LogP contribution in [0.5, 0.6) is 5.75 Å². The van der Waals surface area contributed by atoms with Gasteiger partial charge >= 0.3 is 0 Å². The van der Waals surface area contributed by atoms with Crippen LogP contribution in [0.15, 0.2) is 91.0 Å². The van der Waals surface area contributed by atoms with E-state index in [-0.39, 0.29) is 17.7 Å². The highest BCUT2D eigenvalue weighted by Crippen LogP contribution is 2.44. The van der Waals surface area contributed by atoms with Crippen molar-refractivity contribution in [2.24, 2.45) is 0 Å². The number of ether oxygens (including phenoxy) is 1. The van der Waals surface area contributed by atoms with E-state index in [0.29, 0.717) is 15.5 Å². The molecular weight excluding hydrogens is 585 g/mol. The lowest BCUT2D eigenvalue weighted by Gasteiger charge is -2.36. The molecule has 0 fully saturated rings. The Bertz CT molecular complexity index is 1850. The van der Waals surface area contributed by atoms with Crippen molar-refractivity contribution in [3.05, 3.63) is 134 Å². The second-order valence-corrected chi connectivity index (χ2v) is 12.4. The second kappa shape index (κ2) is 11.1. The smallest absolute Gasteiger partial charge is 0.204 e. The van der Waals surface area contributed by atoms with Crippen LogP contribution in [0.2, 0.25) is 10.0 Å². The molecule has 5 aromatic rings. The first-order valence-electron chi connectivity index (χ1n) is 13.8. The summed E-state index contributed by atoms with van der Waals surface area (Å²) >= 11 is 14.0. The molecule has 0 saturated heterocycles. The molecule has 42 heavy (non-hydrogen) atoms. The number of halogens is 2. The van der Waals surface area contributed by atoms with E-state index < -0.39 is 0 Å². The fourth-order valence-corrected chi connectivity index (χ4v) is 7.42. The summed E-state index contributed by atoms with van der Waals surface area (Å²) in [7, 11) is 1.67. The van der Waals surface area contributed by atoms with E-state index in [0.717, 1.165) is 63.1 Å². The highest BCUT2D eigenvalue weighted by Gasteiger charge is 2.35. The minimum absolute atomic E-state index is 0.0289. The molecule has 3 heterocycles. The molecule has 0 amide bonds. The van der Waals surface area contributed by atoms with Crippen LogP contribution in [0.25, 0.3) is 10.9 Å². The molecule has 0 saturated carbocycles. The van der Waals surface area contributed by atoms with Crippen LogP contribution in [0.1, 0.15) is 56.1 Å². The zero-order valence-electron chi connectivity index (χ0n) is 22.8. The third-order valence-corrected chi connectivity index (χ3v) is 9.65. The van der Waals surface area contributed by atoms with Crippen LogP contribution in [-0.2, 0) is 6.42 Å². The van der Waals surface area contributed by atoms with Crippen molar-refractivity contribution < 1.29 is 9.53 Å². The summed E-state index contributed by atoms with van der Waals surface area (Å²) in [5, 5.41) is 3.29. The Kier molecular flexibility index (Phi) is 7.14. The number of methoxy groups -OCH3 is 1. The number of aromatic nitrogens is 2. The number of carbonyl (C=O) groups excluding carboxylic acids is 1. The van der Waals surface area contributed by atoms with Crippen molar-refractivity contribution >= 4 is 56.4 Å². The van der Waals surface area contributed by atoms with Gasteiger partial charge in [0, 0.05) is 44.7 Å². The number of thiazole rings is 1. The van der Waals surface area contributed by atoms with Crippen LogP contribution >= 0.6 is 34.5 Å². The number of allylic oxidation sites excluding steroid dienone is 4. The number of ketones is 1. The first-order valence-corrected chi connectivity index (χ1v) is 15.4. The van der Waals surface area contributed by atoms with Crippen molar-refractivity contribution in [2.45, 2.75) is 24.8 Å². The number of hydrogen-bond acceptors (Lipinski definition) is 5. The maximum Gasteiger partial charge on any atom is 0.204 e. The van der Waals surface area contributed by atoms with Crippen LogP contribution in [0.3, 0.4) is 0 Å². The third-order valence-electron chi connectivity index (χ3n) is 8.05. The zero-order valence-corrected chi connectivity index (χ0v) is 25.1. The highest BCUT2D eigenvalue weighted by atomic mass is 35.5. The van der Waals surface area contributed by atoms with Gasteiger partial charge in [-0.05, 0) is 78.6 Å². The standard InChI is InChI=1S/C34H27Cl2N3O2S/c1-41-25-14-9-21(10-15-25)31-30-26(27-19-24(36)13-16-28(27)37-30)17-18-39(31)34-38-29(20-5-3-2-4-6-20)33(42-34)32(40)22-7-11-23(35)12-8-22/h2-5,7-16,19-20,31,37H,6,17-18H2,1H3. The maximum absolute atomic E-state index is 13.9. The predicted molar refractivity (Wildman–Crippen MR) is 172 cm³/mol. The number of nitrogens with one attached hydrogen (secondary N) is 1. The second-order valence-electron chi connectivity index (χ2n) is 10.5. The summed E-state index contributed by atoms with van der Waals surface area (Å²) in [6.45, 7) is 0.741. The molecule has 1 aliphatic carbocycles. The lowest BCUT2D eigenvalue weighted by molar-refractivity contribution is 0.104. The number of nitrogens with zero attached hydrogens (tertiary/aromatic N) is 2. The molecule has 210 valence electrons. The van der Waals surface area contributed by atoms with Crippen LogP contribution in [0.4, 0.5) is 5.13 Å². The van der Waals surface area contributed by atoms with E-state index in [4.69, 9.17) is 32.9 Å². The summed E-state index contributed by atoms with van der Waals surface area (Å²) in [4.78, 5) is 25.8. The summed E-state index contributed by atoms with van der Waals surface area (Å²) in [5.74, 6) is 0.794. The molecule has 5 nitrogen and oxygen atoms in total. The van der Waals surface area contributed by atoms with Gasteiger partial charge in [0.2, 0.25) is 5.78 Å². The van der Waals surface area contributed by atoms with E-state index in [1.807, 2.05) is 42.5 Å². The van der Waals surface area contributed by atoms with E-state index in [9.17, 15) is 4.79 Å². The van der Waals surface area contributed by atoms with Gasteiger partial charge in [-0.3, -0.25) is 4.79 Å². The molecule has 8 heteroatoms. The molecule has 0 spiro atoms. The van der Waals surface area contributed by atoms with Gasteiger partial charge in [-0.1, -0.05) is 71.0 Å². The Morgan fingerprint density at radius 2 is 1.81 bits per heavy atom. The lowest BCUT2D eigenvalue weighted by atomic mass is 9.92. The monoisotopic (exact) mass is 611 g/mol. The van der Waals surface area contributed by atoms with Crippen molar-refractivity contribution in [3.63, 3.8) is 0 Å². The Labute approximate surface area is 258 Å². The molecule has 2 aliphatic rings. The third kappa shape index (κ3) is 4.83. The Hall–Kier alpha value is -3.84. The van der Waals surface area contributed by atoms with Gasteiger partial charge in [0.25, 0.3) is 0 Å². The first-order chi connectivity index (χ1) is 20.5. The van der Waals surface area contributed by atoms with Crippen LogP contribution in [0, 0.1) is 0 Å². The summed E-state index contributed by atoms with van der Waals surface area (Å²) < 4.78 is 5.46. The minimum Gasteiger partial charge on any atom is -0.497 e. The largest absolute Gasteiger partial charge is 0.497 e. The quantitative estimate of drug-likeness (QED) is 0.195. The fourth-order valence-electron chi connectivity index (χ4n) is 5.97. The maximum atomic E-state index is 13.9. The molecule has 3 aromatic carbocycles. The number of H-pyrrole nitrogens is 1. The molecular formula is C34H27Cl2N3O2S. The van der Waals surface area contributed by atoms with Gasteiger partial charge in [-0.15, -0.1) is 0 Å². The molecule has 7 rings (SSSR count). The zero-order chi connectivity index (χ0) is 28.8. The predicted octanol–water partition coefficient (Wildman–Crippen LogP) is 8.92. The number of hydrogen-bond donors (Lipinski definition) is 1. The number of fused-ring (bicyclic) bond motifs is 3. The average molecular weight is 613 g/mol. The van der Waals surface area contributed by atoms with Gasteiger partial charge in [0.1, 0.15) is 10.6 Å². The van der Waals surface area contributed by atoms with Crippen LogP contribution in [-0.4, -0.2) is 29.4 Å². The highest BCUT2D eigenvalue weighted by molar-refractivity contribution is 7.17. The topological polar surface area (TPSA) is 58.2 Å². The number of anilines is 1. The number of benzene rings is 3. The molecule has 1 N–H and O–H groups in total. The van der Waals surface area contributed by atoms with E-state index >= 15 is 0 Å². The lowest BCUT2D eigenvalue weighted by Crippen LogP contribution is -2.36. The normalized spacial score (nSPS) is 17.9. The molecule has 2 unspecified atom stereocenters. The SMILES string of the molecule is COc1ccc(C2c3[nH]c4ccc(Cl)cc4c3CCN2c2nc(C3C=CC=CC3)c(C(=O)c3ccc(Cl)cc3)s2)cc1. The van der Waals surface area contributed by atoms with Crippen LogP contribution < -0.4 is 9.64 Å². The average Bonchev–Trinajstić information content (AvgIpc) is 3.63. The number of rotatable bonds is 6. The van der Waals surface area contributed by atoms with Crippen molar-refractivity contribution in [1.82, 2.24) is 9.97 Å². The first kappa shape index (κ1) is 27.0. The Morgan fingerprint density at radius 3 is 2.55 bits per heavy atom. The van der Waals surface area contributed by atoms with E-state index in [2.05, 4.69) is 34.2 Å². The van der Waals surface area contributed by atoms with Gasteiger partial charge in [0.05, 0.1) is 18.8 Å². The van der Waals surface area contributed by atoms with Crippen molar-refractivity contribution in [1.29, 1.82) is 0 Å². The summed E-state index contributed by atoms with van der Waals surface area (Å²) in [5.41, 5.74) is 5.97. The Morgan fingerprint density at radius 1 is 1.02 bits per heavy atom.